The highest BCUT2D eigenvalue weighted by Crippen LogP contribution is 2.35. The van der Waals surface area contributed by atoms with Gasteiger partial charge in [-0.2, -0.15) is 0 Å². The van der Waals surface area contributed by atoms with Crippen LogP contribution in [0.3, 0.4) is 0 Å². The summed E-state index contributed by atoms with van der Waals surface area (Å²) >= 11 is 1.03. The van der Waals surface area contributed by atoms with Crippen molar-refractivity contribution in [2.45, 2.75) is 18.8 Å². The summed E-state index contributed by atoms with van der Waals surface area (Å²) in [5.41, 5.74) is 0.524. The van der Waals surface area contributed by atoms with Crippen molar-refractivity contribution in [3.05, 3.63) is 51.0 Å². The van der Waals surface area contributed by atoms with Gasteiger partial charge in [-0.1, -0.05) is 16.6 Å². The van der Waals surface area contributed by atoms with Crippen LogP contribution in [-0.4, -0.2) is 40.2 Å². The molecule has 0 radical (unpaired) electrons. The molecule has 0 aliphatic rings. The van der Waals surface area contributed by atoms with Crippen LogP contribution in [0.2, 0.25) is 0 Å². The third kappa shape index (κ3) is 4.15. The van der Waals surface area contributed by atoms with E-state index in [9.17, 15) is 19.7 Å². The van der Waals surface area contributed by atoms with Gasteiger partial charge in [-0.15, -0.1) is 5.10 Å². The van der Waals surface area contributed by atoms with Gasteiger partial charge in [0.2, 0.25) is 0 Å². The fraction of sp³-hybridized carbons (Fsp3) is 0.333. The van der Waals surface area contributed by atoms with Crippen molar-refractivity contribution in [1.82, 2.24) is 9.59 Å². The Labute approximate surface area is 146 Å². The first-order valence-electron chi connectivity index (χ1n) is 7.25. The number of carbonyl (C=O) groups is 2. The zero-order chi connectivity index (χ0) is 18.4. The van der Waals surface area contributed by atoms with Gasteiger partial charge < -0.3 is 9.47 Å². The summed E-state index contributed by atoms with van der Waals surface area (Å²) in [5, 5.41) is 16.2. The fourth-order valence-corrected chi connectivity index (χ4v) is 2.85. The van der Waals surface area contributed by atoms with Gasteiger partial charge in [-0.3, -0.25) is 19.7 Å². The Morgan fingerprint density at radius 2 is 1.92 bits per heavy atom. The molecule has 9 nitrogen and oxygen atoms in total. The van der Waals surface area contributed by atoms with E-state index in [-0.39, 0.29) is 18.0 Å². The second-order valence-corrected chi connectivity index (χ2v) is 5.52. The van der Waals surface area contributed by atoms with Crippen LogP contribution in [0.15, 0.2) is 29.6 Å². The molecule has 0 saturated carbocycles. The van der Waals surface area contributed by atoms with Gasteiger partial charge in [-0.25, -0.2) is 0 Å². The Balaban J connectivity index is 2.50. The van der Waals surface area contributed by atoms with Crippen molar-refractivity contribution >= 4 is 29.2 Å². The molecule has 0 N–H and O–H groups in total. The largest absolute Gasteiger partial charge is 0.469 e. The highest BCUT2D eigenvalue weighted by atomic mass is 32.1. The zero-order valence-corrected chi connectivity index (χ0v) is 14.3. The van der Waals surface area contributed by atoms with Crippen molar-refractivity contribution in [1.29, 1.82) is 0 Å². The van der Waals surface area contributed by atoms with Crippen LogP contribution in [0, 0.1) is 10.1 Å². The highest BCUT2D eigenvalue weighted by molar-refractivity contribution is 7.03. The van der Waals surface area contributed by atoms with Crippen molar-refractivity contribution in [2.75, 3.05) is 13.7 Å². The minimum absolute atomic E-state index is 0.126. The van der Waals surface area contributed by atoms with Gasteiger partial charge in [0.1, 0.15) is 11.8 Å². The standard InChI is InChI=1S/C15H15N3O6S/c1-3-24-15(20)13(11-8-25-17-16-11)12(14(19)23-2)9-4-6-10(7-5-9)18(21)22/h4-8,12-13H,3H2,1-2H3. The first-order chi connectivity index (χ1) is 12.0. The summed E-state index contributed by atoms with van der Waals surface area (Å²) in [6, 6.07) is 5.33. The molecular weight excluding hydrogens is 350 g/mol. The summed E-state index contributed by atoms with van der Waals surface area (Å²) in [4.78, 5) is 35.1. The number of hydrogen-bond donors (Lipinski definition) is 0. The van der Waals surface area contributed by atoms with Gasteiger partial charge in [0.15, 0.2) is 0 Å². The summed E-state index contributed by atoms with van der Waals surface area (Å²) in [6.07, 6.45) is 0. The summed E-state index contributed by atoms with van der Waals surface area (Å²) in [5.74, 6) is -3.45. The van der Waals surface area contributed by atoms with Crippen LogP contribution in [0.1, 0.15) is 30.0 Å². The minimum atomic E-state index is -1.06. The van der Waals surface area contributed by atoms with E-state index < -0.39 is 28.7 Å². The molecule has 2 aromatic rings. The molecule has 25 heavy (non-hydrogen) atoms. The number of carbonyl (C=O) groups excluding carboxylic acids is 2. The number of nitro benzene ring substituents is 1. The number of hydrogen-bond acceptors (Lipinski definition) is 9. The normalized spacial score (nSPS) is 12.9. The highest BCUT2D eigenvalue weighted by Gasteiger charge is 2.40. The van der Waals surface area contributed by atoms with Crippen LogP contribution < -0.4 is 0 Å². The van der Waals surface area contributed by atoms with E-state index in [1.165, 1.54) is 31.4 Å². The Kier molecular flexibility index (Phi) is 6.12. The third-order valence-electron chi connectivity index (χ3n) is 3.49. The van der Waals surface area contributed by atoms with Crippen molar-refractivity contribution in [2.24, 2.45) is 0 Å². The van der Waals surface area contributed by atoms with E-state index in [2.05, 4.69) is 9.59 Å². The first-order valence-corrected chi connectivity index (χ1v) is 8.09. The van der Waals surface area contributed by atoms with E-state index >= 15 is 0 Å². The van der Waals surface area contributed by atoms with E-state index in [1.54, 1.807) is 12.3 Å². The molecule has 1 aromatic heterocycles. The monoisotopic (exact) mass is 365 g/mol. The second-order valence-electron chi connectivity index (χ2n) is 4.91. The molecule has 2 atom stereocenters. The van der Waals surface area contributed by atoms with E-state index in [0.717, 1.165) is 11.5 Å². The van der Waals surface area contributed by atoms with Gasteiger partial charge in [0.05, 0.1) is 24.3 Å². The van der Waals surface area contributed by atoms with Gasteiger partial charge in [-0.05, 0) is 24.0 Å². The van der Waals surface area contributed by atoms with Crippen LogP contribution in [0.4, 0.5) is 5.69 Å². The topological polar surface area (TPSA) is 122 Å². The number of rotatable bonds is 7. The van der Waals surface area contributed by atoms with E-state index in [0.29, 0.717) is 5.56 Å². The molecule has 0 fully saturated rings. The predicted molar refractivity (Wildman–Crippen MR) is 87.1 cm³/mol. The lowest BCUT2D eigenvalue weighted by atomic mass is 9.84. The van der Waals surface area contributed by atoms with Crippen LogP contribution in [0.5, 0.6) is 0 Å². The van der Waals surface area contributed by atoms with Crippen LogP contribution in [-0.2, 0) is 19.1 Å². The molecule has 0 bridgehead atoms. The number of methoxy groups -OCH3 is 1. The smallest absolute Gasteiger partial charge is 0.316 e. The maximum atomic E-state index is 12.5. The molecule has 0 aliphatic heterocycles. The molecule has 132 valence electrons. The summed E-state index contributed by atoms with van der Waals surface area (Å²) < 4.78 is 13.6. The average molecular weight is 365 g/mol. The molecule has 0 aliphatic carbocycles. The molecule has 2 unspecified atom stereocenters. The van der Waals surface area contributed by atoms with Gasteiger partial charge in [0, 0.05) is 17.5 Å². The second kappa shape index (κ2) is 8.29. The lowest BCUT2D eigenvalue weighted by Gasteiger charge is -2.22. The number of aromatic nitrogens is 2. The quantitative estimate of drug-likeness (QED) is 0.415. The maximum Gasteiger partial charge on any atom is 0.316 e. The Morgan fingerprint density at radius 1 is 1.24 bits per heavy atom. The molecular formula is C15H15N3O6S. The molecule has 1 heterocycles. The number of esters is 2. The van der Waals surface area contributed by atoms with E-state index in [1.807, 2.05) is 0 Å². The van der Waals surface area contributed by atoms with Crippen molar-refractivity contribution in [3.8, 4) is 0 Å². The maximum absolute atomic E-state index is 12.5. The van der Waals surface area contributed by atoms with Crippen molar-refractivity contribution in [3.63, 3.8) is 0 Å². The fourth-order valence-electron chi connectivity index (χ4n) is 2.36. The Hall–Kier alpha value is -2.88. The van der Waals surface area contributed by atoms with Crippen LogP contribution in [0.25, 0.3) is 0 Å². The molecule has 2 rings (SSSR count). The Bertz CT molecular complexity index is 747. The van der Waals surface area contributed by atoms with Crippen molar-refractivity contribution < 1.29 is 24.0 Å². The Morgan fingerprint density at radius 3 is 2.40 bits per heavy atom. The van der Waals surface area contributed by atoms with Gasteiger partial charge >= 0.3 is 11.9 Å². The van der Waals surface area contributed by atoms with Gasteiger partial charge in [0.25, 0.3) is 5.69 Å². The van der Waals surface area contributed by atoms with E-state index in [4.69, 9.17) is 9.47 Å². The predicted octanol–water partition coefficient (Wildman–Crippen LogP) is 2.05. The molecule has 10 heteroatoms. The lowest BCUT2D eigenvalue weighted by Crippen LogP contribution is -2.29. The zero-order valence-electron chi connectivity index (χ0n) is 13.4. The number of non-ortho nitro benzene ring substituents is 1. The summed E-state index contributed by atoms with van der Waals surface area (Å²) in [6.45, 7) is 1.77. The number of benzene rings is 1. The number of ether oxygens (including phenoxy) is 2. The molecule has 0 amide bonds. The molecule has 0 spiro atoms. The first kappa shape index (κ1) is 18.5. The third-order valence-corrected chi connectivity index (χ3v) is 4.01. The molecule has 0 saturated heterocycles. The SMILES string of the molecule is CCOC(=O)C(c1csnn1)C(C(=O)OC)c1ccc([N+](=O)[O-])cc1. The minimum Gasteiger partial charge on any atom is -0.469 e. The lowest BCUT2D eigenvalue weighted by molar-refractivity contribution is -0.384. The van der Waals surface area contributed by atoms with Crippen LogP contribution >= 0.6 is 11.5 Å². The summed E-state index contributed by atoms with van der Waals surface area (Å²) in [7, 11) is 1.20. The molecule has 1 aromatic carbocycles. The number of nitrogens with zero attached hydrogens (tertiary/aromatic N) is 3. The number of nitro groups is 1. The average Bonchev–Trinajstić information content (AvgIpc) is 3.13.